The summed E-state index contributed by atoms with van der Waals surface area (Å²) in [7, 11) is 0. The van der Waals surface area contributed by atoms with Crippen LogP contribution in [0.5, 0.6) is 0 Å². The quantitative estimate of drug-likeness (QED) is 0.847. The summed E-state index contributed by atoms with van der Waals surface area (Å²) in [5, 5.41) is 12.5. The molecular weight excluding hydrogens is 288 g/mol. The van der Waals surface area contributed by atoms with Crippen LogP contribution < -0.4 is 5.32 Å². The van der Waals surface area contributed by atoms with Crippen molar-refractivity contribution >= 4 is 6.03 Å². The lowest BCUT2D eigenvalue weighted by molar-refractivity contribution is 0.156. The monoisotopic (exact) mass is 318 g/mol. The number of nitrogens with zero attached hydrogens (tertiary/aromatic N) is 1. The summed E-state index contributed by atoms with van der Waals surface area (Å²) in [6.45, 7) is 5.51. The smallest absolute Gasteiger partial charge is 0.317 e. The Bertz CT molecular complexity index is 478. The van der Waals surface area contributed by atoms with Crippen molar-refractivity contribution in [2.24, 2.45) is 11.8 Å². The van der Waals surface area contributed by atoms with Crippen molar-refractivity contribution in [2.45, 2.75) is 45.6 Å². The Balaban J connectivity index is 1.89. The number of aliphatic hydroxyl groups is 1. The van der Waals surface area contributed by atoms with Crippen LogP contribution in [0, 0.1) is 11.8 Å². The summed E-state index contributed by atoms with van der Waals surface area (Å²) in [5.74, 6) is 1.17. The van der Waals surface area contributed by atoms with Gasteiger partial charge in [-0.25, -0.2) is 4.79 Å². The van der Waals surface area contributed by atoms with Crippen molar-refractivity contribution in [1.29, 1.82) is 0 Å². The fourth-order valence-corrected chi connectivity index (χ4v) is 3.38. The van der Waals surface area contributed by atoms with E-state index < -0.39 is 0 Å². The molecule has 3 unspecified atom stereocenters. The first-order valence-corrected chi connectivity index (χ1v) is 8.82. The minimum absolute atomic E-state index is 0.00116. The zero-order valence-corrected chi connectivity index (χ0v) is 14.4. The summed E-state index contributed by atoms with van der Waals surface area (Å²) < 4.78 is 0. The second-order valence-corrected chi connectivity index (χ2v) is 6.77. The molecule has 1 fully saturated rings. The molecule has 1 aromatic carbocycles. The van der Waals surface area contributed by atoms with E-state index in [1.54, 1.807) is 4.90 Å². The predicted molar refractivity (Wildman–Crippen MR) is 93.3 cm³/mol. The maximum atomic E-state index is 12.6. The Morgan fingerprint density at radius 1 is 1.22 bits per heavy atom. The van der Waals surface area contributed by atoms with Gasteiger partial charge in [-0.3, -0.25) is 0 Å². The lowest BCUT2D eigenvalue weighted by Gasteiger charge is -2.36. The summed E-state index contributed by atoms with van der Waals surface area (Å²) in [4.78, 5) is 14.3. The van der Waals surface area contributed by atoms with Gasteiger partial charge in [0.1, 0.15) is 0 Å². The van der Waals surface area contributed by atoms with E-state index in [-0.39, 0.29) is 18.7 Å². The highest BCUT2D eigenvalue weighted by Gasteiger charge is 2.29. The molecule has 1 aromatic rings. The number of carbonyl (C=O) groups excluding carboxylic acids is 1. The van der Waals surface area contributed by atoms with Crippen LogP contribution in [0.2, 0.25) is 0 Å². The van der Waals surface area contributed by atoms with E-state index in [2.05, 4.69) is 31.3 Å². The van der Waals surface area contributed by atoms with E-state index in [4.69, 9.17) is 0 Å². The van der Waals surface area contributed by atoms with Crippen LogP contribution in [0.3, 0.4) is 0 Å². The molecule has 0 radical (unpaired) electrons. The Labute approximate surface area is 139 Å². The molecule has 4 heteroatoms. The zero-order chi connectivity index (χ0) is 16.7. The Morgan fingerprint density at radius 2 is 1.96 bits per heavy atom. The topological polar surface area (TPSA) is 52.6 Å². The number of hydrogen-bond acceptors (Lipinski definition) is 2. The highest BCUT2D eigenvalue weighted by Crippen LogP contribution is 2.29. The Morgan fingerprint density at radius 3 is 2.65 bits per heavy atom. The third-order valence-corrected chi connectivity index (χ3v) is 5.19. The van der Waals surface area contributed by atoms with Gasteiger partial charge in [-0.1, -0.05) is 57.0 Å². The lowest BCUT2D eigenvalue weighted by Crippen LogP contribution is -2.50. The number of amides is 2. The summed E-state index contributed by atoms with van der Waals surface area (Å²) >= 11 is 0. The van der Waals surface area contributed by atoms with Crippen molar-refractivity contribution in [1.82, 2.24) is 10.2 Å². The van der Waals surface area contributed by atoms with E-state index in [1.165, 1.54) is 18.4 Å². The molecule has 2 N–H and O–H groups in total. The molecule has 1 saturated carbocycles. The molecule has 128 valence electrons. The molecule has 1 aliphatic rings. The van der Waals surface area contributed by atoms with Crippen molar-refractivity contribution in [3.63, 3.8) is 0 Å². The van der Waals surface area contributed by atoms with Gasteiger partial charge in [0.15, 0.2) is 0 Å². The fourth-order valence-electron chi connectivity index (χ4n) is 3.38. The van der Waals surface area contributed by atoms with E-state index in [0.29, 0.717) is 24.9 Å². The van der Waals surface area contributed by atoms with Gasteiger partial charge in [0.05, 0.1) is 6.61 Å². The van der Waals surface area contributed by atoms with Crippen LogP contribution in [-0.4, -0.2) is 41.8 Å². The highest BCUT2D eigenvalue weighted by atomic mass is 16.3. The van der Waals surface area contributed by atoms with Crippen molar-refractivity contribution in [3.8, 4) is 0 Å². The number of nitrogens with one attached hydrogen (secondary N) is 1. The first-order valence-electron chi connectivity index (χ1n) is 8.82. The van der Waals surface area contributed by atoms with E-state index >= 15 is 0 Å². The number of hydrogen-bond donors (Lipinski definition) is 2. The van der Waals surface area contributed by atoms with Gasteiger partial charge in [0.2, 0.25) is 0 Å². The Kier molecular flexibility index (Phi) is 6.90. The van der Waals surface area contributed by atoms with Gasteiger partial charge in [-0.05, 0) is 30.2 Å². The van der Waals surface area contributed by atoms with Crippen molar-refractivity contribution in [3.05, 3.63) is 35.9 Å². The van der Waals surface area contributed by atoms with Gasteiger partial charge < -0.3 is 15.3 Å². The molecule has 0 aromatic heterocycles. The molecule has 0 bridgehead atoms. The summed E-state index contributed by atoms with van der Waals surface area (Å²) in [5.41, 5.74) is 1.21. The maximum Gasteiger partial charge on any atom is 0.317 e. The first-order chi connectivity index (χ1) is 11.1. The van der Waals surface area contributed by atoms with Gasteiger partial charge in [0, 0.05) is 19.1 Å². The van der Waals surface area contributed by atoms with Gasteiger partial charge in [-0.15, -0.1) is 0 Å². The number of rotatable bonds is 6. The highest BCUT2D eigenvalue weighted by molar-refractivity contribution is 5.74. The van der Waals surface area contributed by atoms with Crippen molar-refractivity contribution < 1.29 is 9.90 Å². The molecule has 4 nitrogen and oxygen atoms in total. The Hall–Kier alpha value is -1.55. The molecule has 2 amide bonds. The molecule has 23 heavy (non-hydrogen) atoms. The van der Waals surface area contributed by atoms with Gasteiger partial charge >= 0.3 is 6.03 Å². The predicted octanol–water partition coefficient (Wildman–Crippen LogP) is 3.06. The number of aliphatic hydroxyl groups excluding tert-OH is 1. The molecule has 0 saturated heterocycles. The molecule has 0 heterocycles. The van der Waals surface area contributed by atoms with Crippen LogP contribution in [0.1, 0.15) is 38.7 Å². The zero-order valence-electron chi connectivity index (χ0n) is 14.4. The largest absolute Gasteiger partial charge is 0.395 e. The average Bonchev–Trinajstić information content (AvgIpc) is 2.56. The second kappa shape index (κ2) is 8.92. The SMILES string of the molecule is CC1CCCC(NC(=O)N(CCO)CCc2ccccc2)C1C. The van der Waals surface area contributed by atoms with Crippen LogP contribution in [-0.2, 0) is 6.42 Å². The standard InChI is InChI=1S/C19H30N2O2/c1-15-7-6-10-18(16(15)2)20-19(23)21(13-14-22)12-11-17-8-4-3-5-9-17/h3-5,8-9,15-16,18,22H,6-7,10-14H2,1-2H3,(H,20,23). The molecular formula is C19H30N2O2. The second-order valence-electron chi connectivity index (χ2n) is 6.77. The minimum Gasteiger partial charge on any atom is -0.395 e. The van der Waals surface area contributed by atoms with Gasteiger partial charge in [0.25, 0.3) is 0 Å². The van der Waals surface area contributed by atoms with E-state index in [0.717, 1.165) is 12.8 Å². The van der Waals surface area contributed by atoms with Crippen LogP contribution in [0.15, 0.2) is 30.3 Å². The molecule has 1 aliphatic carbocycles. The summed E-state index contributed by atoms with van der Waals surface area (Å²) in [6.07, 6.45) is 4.30. The van der Waals surface area contributed by atoms with Gasteiger partial charge in [-0.2, -0.15) is 0 Å². The number of urea groups is 1. The fraction of sp³-hybridized carbons (Fsp3) is 0.632. The molecule has 2 rings (SSSR count). The third kappa shape index (κ3) is 5.24. The number of carbonyl (C=O) groups is 1. The van der Waals surface area contributed by atoms with Crippen LogP contribution in [0.4, 0.5) is 4.79 Å². The van der Waals surface area contributed by atoms with E-state index in [1.807, 2.05) is 18.2 Å². The normalized spacial score (nSPS) is 24.2. The van der Waals surface area contributed by atoms with Crippen molar-refractivity contribution in [2.75, 3.05) is 19.7 Å². The average molecular weight is 318 g/mol. The summed E-state index contributed by atoms with van der Waals surface area (Å²) in [6, 6.07) is 10.4. The lowest BCUT2D eigenvalue weighted by atomic mass is 9.78. The maximum absolute atomic E-state index is 12.6. The van der Waals surface area contributed by atoms with Crippen LogP contribution in [0.25, 0.3) is 0 Å². The molecule has 3 atom stereocenters. The molecule has 0 aliphatic heterocycles. The molecule has 0 spiro atoms. The van der Waals surface area contributed by atoms with Crippen LogP contribution >= 0.6 is 0 Å². The minimum atomic E-state index is -0.0408. The third-order valence-electron chi connectivity index (χ3n) is 5.19. The number of benzene rings is 1. The first kappa shape index (κ1) is 17.8. The van der Waals surface area contributed by atoms with E-state index in [9.17, 15) is 9.90 Å².